The lowest BCUT2D eigenvalue weighted by Gasteiger charge is -2.33. The predicted molar refractivity (Wildman–Crippen MR) is 108 cm³/mol. The number of para-hydroxylation sites is 2. The number of anilines is 2. The summed E-state index contributed by atoms with van der Waals surface area (Å²) in [5.41, 5.74) is 0.976. The van der Waals surface area contributed by atoms with Gasteiger partial charge in [-0.3, -0.25) is 9.59 Å². The van der Waals surface area contributed by atoms with Crippen LogP contribution in [-0.2, 0) is 9.59 Å². The molecule has 1 heterocycles. The highest BCUT2D eigenvalue weighted by Gasteiger charge is 2.43. The van der Waals surface area contributed by atoms with Crippen molar-refractivity contribution < 1.29 is 18.8 Å². The lowest BCUT2D eigenvalue weighted by atomic mass is 10.0. The Hall–Kier alpha value is -4.06. The summed E-state index contributed by atoms with van der Waals surface area (Å²) >= 11 is 0. The van der Waals surface area contributed by atoms with Gasteiger partial charge in [0.25, 0.3) is 11.8 Å². The van der Waals surface area contributed by atoms with Gasteiger partial charge in [-0.25, -0.2) is 19.0 Å². The molecule has 0 radical (unpaired) electrons. The number of carbonyl (C=O) groups excluding carboxylic acids is 3. The molecule has 0 spiro atoms. The van der Waals surface area contributed by atoms with Crippen LogP contribution in [-0.4, -0.2) is 17.8 Å². The topological polar surface area (TPSA) is 57.7 Å². The number of halogens is 1. The number of benzene rings is 3. The van der Waals surface area contributed by atoms with Crippen LogP contribution >= 0.6 is 0 Å². The van der Waals surface area contributed by atoms with E-state index in [-0.39, 0.29) is 5.57 Å². The summed E-state index contributed by atoms with van der Waals surface area (Å²) in [5, 5.41) is 0. The van der Waals surface area contributed by atoms with Gasteiger partial charge in [-0.1, -0.05) is 48.5 Å². The number of amides is 4. The quantitative estimate of drug-likeness (QED) is 0.495. The third kappa shape index (κ3) is 3.43. The van der Waals surface area contributed by atoms with Crippen LogP contribution < -0.4 is 9.80 Å². The lowest BCUT2D eigenvalue weighted by molar-refractivity contribution is -0.121. The molecule has 4 rings (SSSR count). The van der Waals surface area contributed by atoms with Crippen LogP contribution in [0.15, 0.2) is 90.5 Å². The summed E-state index contributed by atoms with van der Waals surface area (Å²) in [5.74, 6) is -1.90. The summed E-state index contributed by atoms with van der Waals surface area (Å²) in [6.45, 7) is 0. The normalized spacial score (nSPS) is 14.4. The minimum absolute atomic E-state index is 0.191. The molecule has 0 aromatic heterocycles. The number of rotatable bonds is 3. The fourth-order valence-electron chi connectivity index (χ4n) is 3.06. The number of hydrogen-bond donors (Lipinski definition) is 0. The molecule has 0 N–H and O–H groups in total. The van der Waals surface area contributed by atoms with Crippen LogP contribution in [0, 0.1) is 5.82 Å². The maximum atomic E-state index is 13.2. The fraction of sp³-hybridized carbons (Fsp3) is 0. The van der Waals surface area contributed by atoms with E-state index in [1.165, 1.54) is 30.3 Å². The first-order chi connectivity index (χ1) is 14.1. The van der Waals surface area contributed by atoms with Crippen LogP contribution in [0.4, 0.5) is 20.6 Å². The Morgan fingerprint density at radius 3 is 1.52 bits per heavy atom. The SMILES string of the molecule is O=C1C(=Cc2ccc(F)cc2)C(=O)N(c2ccccc2)C(=O)N1c1ccccc1. The van der Waals surface area contributed by atoms with Crippen molar-refractivity contribution in [1.29, 1.82) is 0 Å². The standard InChI is InChI=1S/C23H15FN2O3/c24-17-13-11-16(12-14-17)15-20-21(27)25(18-7-3-1-4-8-18)23(29)26(22(20)28)19-9-5-2-6-10-19/h1-15H. The maximum absolute atomic E-state index is 13.2. The molecule has 0 aliphatic carbocycles. The van der Waals surface area contributed by atoms with Gasteiger partial charge < -0.3 is 0 Å². The van der Waals surface area contributed by atoms with Crippen molar-refractivity contribution in [3.8, 4) is 0 Å². The first-order valence-corrected chi connectivity index (χ1v) is 8.86. The predicted octanol–water partition coefficient (Wildman–Crippen LogP) is 4.41. The first kappa shape index (κ1) is 18.3. The Morgan fingerprint density at radius 2 is 1.07 bits per heavy atom. The van der Waals surface area contributed by atoms with E-state index in [1.54, 1.807) is 60.7 Å². The highest BCUT2D eigenvalue weighted by molar-refractivity contribution is 6.46. The molecule has 0 unspecified atom stereocenters. The summed E-state index contributed by atoms with van der Waals surface area (Å²) in [6.07, 6.45) is 1.36. The summed E-state index contributed by atoms with van der Waals surface area (Å²) < 4.78 is 13.2. The van der Waals surface area contributed by atoms with Gasteiger partial charge in [0.15, 0.2) is 0 Å². The van der Waals surface area contributed by atoms with E-state index in [4.69, 9.17) is 0 Å². The van der Waals surface area contributed by atoms with E-state index in [0.717, 1.165) is 9.80 Å². The molecule has 142 valence electrons. The maximum Gasteiger partial charge on any atom is 0.343 e. The molecule has 1 fully saturated rings. The molecule has 3 aromatic carbocycles. The van der Waals surface area contributed by atoms with Gasteiger partial charge in [-0.05, 0) is 48.0 Å². The molecule has 5 nitrogen and oxygen atoms in total. The van der Waals surface area contributed by atoms with Crippen molar-refractivity contribution in [3.05, 3.63) is 102 Å². The average Bonchev–Trinajstić information content (AvgIpc) is 2.74. The molecule has 0 atom stereocenters. The smallest absolute Gasteiger partial charge is 0.268 e. The van der Waals surface area contributed by atoms with E-state index in [9.17, 15) is 18.8 Å². The van der Waals surface area contributed by atoms with Crippen molar-refractivity contribution >= 4 is 35.3 Å². The second-order valence-electron chi connectivity index (χ2n) is 6.34. The number of nitrogens with zero attached hydrogens (tertiary/aromatic N) is 2. The monoisotopic (exact) mass is 386 g/mol. The molecule has 0 bridgehead atoms. The Labute approximate surface area is 166 Å². The van der Waals surface area contributed by atoms with Crippen molar-refractivity contribution in [1.82, 2.24) is 0 Å². The summed E-state index contributed by atoms with van der Waals surface area (Å²) in [7, 11) is 0. The zero-order valence-electron chi connectivity index (χ0n) is 15.2. The third-order valence-electron chi connectivity index (χ3n) is 4.46. The second kappa shape index (κ2) is 7.52. The molecule has 1 aliphatic heterocycles. The summed E-state index contributed by atoms with van der Waals surface area (Å²) in [4.78, 5) is 41.3. The molecular formula is C23H15FN2O3. The van der Waals surface area contributed by atoms with Gasteiger partial charge in [0.1, 0.15) is 11.4 Å². The van der Waals surface area contributed by atoms with Crippen LogP contribution in [0.25, 0.3) is 6.08 Å². The largest absolute Gasteiger partial charge is 0.343 e. The number of urea groups is 1. The molecule has 6 heteroatoms. The first-order valence-electron chi connectivity index (χ1n) is 8.86. The number of hydrogen-bond acceptors (Lipinski definition) is 3. The second-order valence-corrected chi connectivity index (χ2v) is 6.34. The van der Waals surface area contributed by atoms with E-state index in [2.05, 4.69) is 0 Å². The number of barbiturate groups is 1. The van der Waals surface area contributed by atoms with Crippen molar-refractivity contribution in [2.24, 2.45) is 0 Å². The Balaban J connectivity index is 1.86. The molecular weight excluding hydrogens is 371 g/mol. The van der Waals surface area contributed by atoms with Crippen LogP contribution in [0.3, 0.4) is 0 Å². The van der Waals surface area contributed by atoms with Crippen molar-refractivity contribution in [2.45, 2.75) is 0 Å². The Morgan fingerprint density at radius 1 is 0.621 bits per heavy atom. The molecule has 1 aliphatic rings. The minimum Gasteiger partial charge on any atom is -0.268 e. The molecule has 29 heavy (non-hydrogen) atoms. The van der Waals surface area contributed by atoms with Crippen LogP contribution in [0.5, 0.6) is 0 Å². The van der Waals surface area contributed by atoms with Gasteiger partial charge in [0.2, 0.25) is 0 Å². The molecule has 4 amide bonds. The highest BCUT2D eigenvalue weighted by Crippen LogP contribution is 2.29. The van der Waals surface area contributed by atoms with E-state index in [0.29, 0.717) is 16.9 Å². The number of carbonyl (C=O) groups is 3. The fourth-order valence-corrected chi connectivity index (χ4v) is 3.06. The third-order valence-corrected chi connectivity index (χ3v) is 4.46. The van der Waals surface area contributed by atoms with Crippen molar-refractivity contribution in [2.75, 3.05) is 9.80 Å². The van der Waals surface area contributed by atoms with Gasteiger partial charge in [0, 0.05) is 0 Å². The van der Waals surface area contributed by atoms with Crippen LogP contribution in [0.1, 0.15) is 5.56 Å². The zero-order valence-corrected chi connectivity index (χ0v) is 15.2. The Bertz CT molecular complexity index is 1050. The molecule has 0 saturated carbocycles. The van der Waals surface area contributed by atoms with E-state index < -0.39 is 23.7 Å². The number of imide groups is 2. The molecule has 3 aromatic rings. The van der Waals surface area contributed by atoms with E-state index >= 15 is 0 Å². The lowest BCUT2D eigenvalue weighted by Crippen LogP contribution is -2.57. The molecule has 1 saturated heterocycles. The average molecular weight is 386 g/mol. The van der Waals surface area contributed by atoms with E-state index in [1.807, 2.05) is 0 Å². The summed E-state index contributed by atoms with van der Waals surface area (Å²) in [6, 6.07) is 21.4. The van der Waals surface area contributed by atoms with Gasteiger partial charge in [0.05, 0.1) is 11.4 Å². The Kier molecular flexibility index (Phi) is 4.75. The van der Waals surface area contributed by atoms with Gasteiger partial charge in [-0.15, -0.1) is 0 Å². The van der Waals surface area contributed by atoms with Crippen molar-refractivity contribution in [3.63, 3.8) is 0 Å². The van der Waals surface area contributed by atoms with Gasteiger partial charge >= 0.3 is 6.03 Å². The minimum atomic E-state index is -0.756. The zero-order chi connectivity index (χ0) is 20.4. The van der Waals surface area contributed by atoms with Gasteiger partial charge in [-0.2, -0.15) is 0 Å². The highest BCUT2D eigenvalue weighted by atomic mass is 19.1. The van der Waals surface area contributed by atoms with Crippen LogP contribution in [0.2, 0.25) is 0 Å².